The molecule has 0 saturated heterocycles. The van der Waals surface area contributed by atoms with E-state index in [-0.39, 0.29) is 5.69 Å². The third-order valence-corrected chi connectivity index (χ3v) is 4.49. The molecular formula is C13H15N3O4S. The van der Waals surface area contributed by atoms with Gasteiger partial charge in [0.05, 0.1) is 5.69 Å². The molecule has 2 rings (SSSR count). The van der Waals surface area contributed by atoms with Gasteiger partial charge in [0.15, 0.2) is 4.90 Å². The average Bonchev–Trinajstić information content (AvgIpc) is 2.30. The summed E-state index contributed by atoms with van der Waals surface area (Å²) in [5.41, 5.74) is 0.397. The van der Waals surface area contributed by atoms with Gasteiger partial charge in [0.1, 0.15) is 0 Å². The van der Waals surface area contributed by atoms with Crippen molar-refractivity contribution in [1.82, 2.24) is 9.97 Å². The first-order chi connectivity index (χ1) is 9.70. The van der Waals surface area contributed by atoms with Gasteiger partial charge in [-0.15, -0.1) is 0 Å². The van der Waals surface area contributed by atoms with Gasteiger partial charge < -0.3 is 4.98 Å². The van der Waals surface area contributed by atoms with Crippen molar-refractivity contribution in [2.45, 2.75) is 25.7 Å². The Kier molecular flexibility index (Phi) is 3.73. The molecular weight excluding hydrogens is 294 g/mol. The van der Waals surface area contributed by atoms with E-state index in [1.165, 1.54) is 6.92 Å². The molecule has 0 amide bonds. The van der Waals surface area contributed by atoms with Crippen LogP contribution in [0.1, 0.15) is 16.8 Å². The zero-order chi connectivity index (χ0) is 15.8. The number of rotatable bonds is 3. The molecule has 0 aliphatic carbocycles. The largest absolute Gasteiger partial charge is 0.325 e. The lowest BCUT2D eigenvalue weighted by Gasteiger charge is -2.11. The average molecular weight is 309 g/mol. The van der Waals surface area contributed by atoms with Crippen molar-refractivity contribution in [2.24, 2.45) is 0 Å². The summed E-state index contributed by atoms with van der Waals surface area (Å²) in [6.07, 6.45) is 0. The molecule has 8 heteroatoms. The minimum absolute atomic E-state index is 0.0129. The SMILES string of the molecule is Cc1ccc(NS(=O)(=O)c2c(C)[nH]c(=O)[nH]c2=O)c(C)c1. The summed E-state index contributed by atoms with van der Waals surface area (Å²) in [4.78, 5) is 26.5. The number of aromatic amines is 2. The van der Waals surface area contributed by atoms with Crippen molar-refractivity contribution < 1.29 is 8.42 Å². The highest BCUT2D eigenvalue weighted by atomic mass is 32.2. The van der Waals surface area contributed by atoms with Gasteiger partial charge in [0.2, 0.25) is 0 Å². The number of anilines is 1. The van der Waals surface area contributed by atoms with Crippen LogP contribution in [0.2, 0.25) is 0 Å². The van der Waals surface area contributed by atoms with Gasteiger partial charge in [0, 0.05) is 5.69 Å². The maximum absolute atomic E-state index is 12.3. The monoisotopic (exact) mass is 309 g/mol. The standard InChI is InChI=1S/C13H15N3O4S/c1-7-4-5-10(8(2)6-7)16-21(19,20)11-9(3)14-13(18)15-12(11)17/h4-6,16H,1-3H3,(H2,14,15,17,18). The van der Waals surface area contributed by atoms with Gasteiger partial charge in [0.25, 0.3) is 15.6 Å². The lowest BCUT2D eigenvalue weighted by molar-refractivity contribution is 0.598. The second kappa shape index (κ2) is 5.21. The molecule has 0 bridgehead atoms. The Morgan fingerprint density at radius 3 is 2.29 bits per heavy atom. The van der Waals surface area contributed by atoms with Crippen molar-refractivity contribution in [3.63, 3.8) is 0 Å². The highest BCUT2D eigenvalue weighted by Gasteiger charge is 2.22. The fourth-order valence-corrected chi connectivity index (χ4v) is 3.41. The van der Waals surface area contributed by atoms with Gasteiger partial charge in [-0.1, -0.05) is 17.7 Å². The number of nitrogens with one attached hydrogen (secondary N) is 3. The number of hydrogen-bond donors (Lipinski definition) is 3. The van der Waals surface area contributed by atoms with Gasteiger partial charge in [-0.25, -0.2) is 13.2 Å². The Morgan fingerprint density at radius 1 is 1.05 bits per heavy atom. The molecule has 1 heterocycles. The molecule has 1 aromatic carbocycles. The predicted octanol–water partition coefficient (Wildman–Crippen LogP) is 0.789. The van der Waals surface area contributed by atoms with Crippen molar-refractivity contribution in [1.29, 1.82) is 0 Å². The summed E-state index contributed by atoms with van der Waals surface area (Å²) >= 11 is 0. The van der Waals surface area contributed by atoms with Crippen LogP contribution in [0.4, 0.5) is 5.69 Å². The topological polar surface area (TPSA) is 112 Å². The summed E-state index contributed by atoms with van der Waals surface area (Å²) < 4.78 is 27.0. The van der Waals surface area contributed by atoms with Crippen LogP contribution < -0.4 is 16.0 Å². The molecule has 0 aliphatic heterocycles. The lowest BCUT2D eigenvalue weighted by Crippen LogP contribution is -2.31. The number of aromatic nitrogens is 2. The molecule has 0 fully saturated rings. The third-order valence-electron chi connectivity index (χ3n) is 2.97. The van der Waals surface area contributed by atoms with Crippen molar-refractivity contribution >= 4 is 15.7 Å². The van der Waals surface area contributed by atoms with E-state index in [2.05, 4.69) is 9.71 Å². The van der Waals surface area contributed by atoms with Crippen LogP contribution in [-0.4, -0.2) is 18.4 Å². The first kappa shape index (κ1) is 15.0. The maximum atomic E-state index is 12.3. The number of hydrogen-bond acceptors (Lipinski definition) is 4. The quantitative estimate of drug-likeness (QED) is 0.778. The van der Waals surface area contributed by atoms with Crippen molar-refractivity contribution in [2.75, 3.05) is 4.72 Å². The normalized spacial score (nSPS) is 11.4. The zero-order valence-electron chi connectivity index (χ0n) is 11.8. The Bertz CT molecular complexity index is 910. The number of aryl methyl sites for hydroxylation is 3. The molecule has 1 aromatic heterocycles. The predicted molar refractivity (Wildman–Crippen MR) is 79.1 cm³/mol. The molecule has 0 spiro atoms. The van der Waals surface area contributed by atoms with E-state index in [9.17, 15) is 18.0 Å². The molecule has 0 saturated carbocycles. The number of benzene rings is 1. The Balaban J connectivity index is 2.54. The number of sulfonamides is 1. The molecule has 7 nitrogen and oxygen atoms in total. The minimum atomic E-state index is -4.09. The Morgan fingerprint density at radius 2 is 1.71 bits per heavy atom. The van der Waals surface area contributed by atoms with Crippen LogP contribution in [0.3, 0.4) is 0 Å². The summed E-state index contributed by atoms with van der Waals surface area (Å²) in [5.74, 6) is 0. The van der Waals surface area contributed by atoms with Crippen LogP contribution in [0, 0.1) is 20.8 Å². The second-order valence-corrected chi connectivity index (χ2v) is 6.41. The van der Waals surface area contributed by atoms with Crippen LogP contribution in [-0.2, 0) is 10.0 Å². The summed E-state index contributed by atoms with van der Waals surface area (Å²) in [6.45, 7) is 5.00. The summed E-state index contributed by atoms with van der Waals surface area (Å²) in [5, 5.41) is 0. The molecule has 0 unspecified atom stereocenters. The summed E-state index contributed by atoms with van der Waals surface area (Å²) in [6, 6.07) is 5.20. The molecule has 21 heavy (non-hydrogen) atoms. The van der Waals surface area contributed by atoms with E-state index in [1.807, 2.05) is 18.0 Å². The second-order valence-electron chi connectivity index (χ2n) is 4.79. The first-order valence-electron chi connectivity index (χ1n) is 6.14. The molecule has 0 atom stereocenters. The number of H-pyrrole nitrogens is 2. The highest BCUT2D eigenvalue weighted by molar-refractivity contribution is 7.92. The van der Waals surface area contributed by atoms with E-state index in [1.54, 1.807) is 19.1 Å². The Labute approximate surface area is 121 Å². The zero-order valence-corrected chi connectivity index (χ0v) is 12.6. The van der Waals surface area contributed by atoms with Gasteiger partial charge in [-0.2, -0.15) is 0 Å². The minimum Gasteiger partial charge on any atom is -0.310 e. The fraction of sp³-hybridized carbons (Fsp3) is 0.231. The van der Waals surface area contributed by atoms with Crippen molar-refractivity contribution in [3.05, 3.63) is 55.9 Å². The lowest BCUT2D eigenvalue weighted by atomic mass is 10.1. The van der Waals surface area contributed by atoms with Crippen LogP contribution in [0.15, 0.2) is 32.7 Å². The van der Waals surface area contributed by atoms with E-state index in [4.69, 9.17) is 0 Å². The Hall–Kier alpha value is -2.35. The summed E-state index contributed by atoms with van der Waals surface area (Å²) in [7, 11) is -4.09. The molecule has 112 valence electrons. The van der Waals surface area contributed by atoms with E-state index >= 15 is 0 Å². The maximum Gasteiger partial charge on any atom is 0.325 e. The highest BCUT2D eigenvalue weighted by Crippen LogP contribution is 2.19. The third kappa shape index (κ3) is 3.05. The van der Waals surface area contributed by atoms with E-state index in [0.717, 1.165) is 11.1 Å². The first-order valence-corrected chi connectivity index (χ1v) is 7.62. The fourth-order valence-electron chi connectivity index (χ4n) is 2.04. The van der Waals surface area contributed by atoms with E-state index < -0.39 is 26.2 Å². The van der Waals surface area contributed by atoms with Crippen molar-refractivity contribution in [3.8, 4) is 0 Å². The van der Waals surface area contributed by atoms with Gasteiger partial charge in [-0.3, -0.25) is 14.5 Å². The van der Waals surface area contributed by atoms with Gasteiger partial charge >= 0.3 is 5.69 Å². The molecule has 0 aliphatic rings. The molecule has 2 aromatic rings. The van der Waals surface area contributed by atoms with Crippen LogP contribution >= 0.6 is 0 Å². The van der Waals surface area contributed by atoms with Crippen LogP contribution in [0.25, 0.3) is 0 Å². The molecule has 0 radical (unpaired) electrons. The van der Waals surface area contributed by atoms with E-state index in [0.29, 0.717) is 5.69 Å². The van der Waals surface area contributed by atoms with Gasteiger partial charge in [-0.05, 0) is 32.4 Å². The van der Waals surface area contributed by atoms with Crippen LogP contribution in [0.5, 0.6) is 0 Å². The molecule has 3 N–H and O–H groups in total. The smallest absolute Gasteiger partial charge is 0.310 e.